The van der Waals surface area contributed by atoms with E-state index in [1.807, 2.05) is 0 Å². The van der Waals surface area contributed by atoms with Gasteiger partial charge in [-0.25, -0.2) is 0 Å². The Labute approximate surface area is 158 Å². The molecule has 1 aliphatic carbocycles. The molecule has 0 amide bonds. The zero-order chi connectivity index (χ0) is 17.8. The van der Waals surface area contributed by atoms with E-state index < -0.39 is 0 Å². The van der Waals surface area contributed by atoms with Gasteiger partial charge >= 0.3 is 0 Å². The summed E-state index contributed by atoms with van der Waals surface area (Å²) in [4.78, 5) is 0. The molecule has 0 bridgehead atoms. The van der Waals surface area contributed by atoms with Crippen molar-refractivity contribution in [3.05, 3.63) is 108 Å². The van der Waals surface area contributed by atoms with Gasteiger partial charge in [-0.3, -0.25) is 0 Å². The van der Waals surface area contributed by atoms with E-state index in [-0.39, 0.29) is 0 Å². The molecule has 0 heterocycles. The van der Waals surface area contributed by atoms with Crippen LogP contribution >= 0.6 is 0 Å². The van der Waals surface area contributed by atoms with Gasteiger partial charge in [0.15, 0.2) is 0 Å². The molecule has 126 valence electrons. The van der Waals surface area contributed by atoms with Gasteiger partial charge < -0.3 is 0 Å². The van der Waals surface area contributed by atoms with E-state index in [4.69, 9.17) is 0 Å². The molecular weight excluding hydrogens is 324 g/mol. The summed E-state index contributed by atoms with van der Waals surface area (Å²) in [6, 6.07) is 35.5. The molecule has 0 nitrogen and oxygen atoms in total. The Morgan fingerprint density at radius 2 is 1.22 bits per heavy atom. The minimum atomic E-state index is 1.02. The second kappa shape index (κ2) is 5.56. The van der Waals surface area contributed by atoms with Gasteiger partial charge in [0.2, 0.25) is 0 Å². The third kappa shape index (κ3) is 2.17. The molecule has 0 heteroatoms. The Morgan fingerprint density at radius 3 is 2.19 bits per heavy atom. The number of benzene rings is 5. The number of hydrogen-bond donors (Lipinski definition) is 0. The van der Waals surface area contributed by atoms with Gasteiger partial charge in [-0.2, -0.15) is 0 Å². The van der Waals surface area contributed by atoms with Crippen molar-refractivity contribution in [1.82, 2.24) is 0 Å². The Kier molecular flexibility index (Phi) is 3.04. The molecule has 5 aromatic carbocycles. The van der Waals surface area contributed by atoms with Gasteiger partial charge in [-0.05, 0) is 67.4 Å². The first-order valence-electron chi connectivity index (χ1n) is 9.50. The van der Waals surface area contributed by atoms with Crippen LogP contribution < -0.4 is 0 Å². The summed E-state index contributed by atoms with van der Waals surface area (Å²) >= 11 is 0. The first kappa shape index (κ1) is 14.8. The summed E-state index contributed by atoms with van der Waals surface area (Å²) in [6.07, 6.45) is 1.02. The van der Waals surface area contributed by atoms with E-state index in [2.05, 4.69) is 97.1 Å². The van der Waals surface area contributed by atoms with E-state index in [0.29, 0.717) is 0 Å². The summed E-state index contributed by atoms with van der Waals surface area (Å²) < 4.78 is 0. The molecule has 0 atom stereocenters. The maximum absolute atomic E-state index is 2.32. The molecule has 27 heavy (non-hydrogen) atoms. The molecule has 0 radical (unpaired) electrons. The van der Waals surface area contributed by atoms with Crippen LogP contribution in [-0.4, -0.2) is 0 Å². The Balaban J connectivity index is 1.66. The monoisotopic (exact) mass is 342 g/mol. The van der Waals surface area contributed by atoms with Crippen LogP contribution in [0.4, 0.5) is 0 Å². The first-order valence-corrected chi connectivity index (χ1v) is 9.50. The second-order valence-corrected chi connectivity index (χ2v) is 7.39. The normalized spacial score (nSPS) is 12.3. The summed E-state index contributed by atoms with van der Waals surface area (Å²) in [5.41, 5.74) is 8.33. The lowest BCUT2D eigenvalue weighted by Crippen LogP contribution is -1.89. The third-order valence-corrected chi connectivity index (χ3v) is 5.89. The van der Waals surface area contributed by atoms with Gasteiger partial charge in [0.05, 0.1) is 0 Å². The van der Waals surface area contributed by atoms with Crippen LogP contribution in [0.1, 0.15) is 11.1 Å². The maximum Gasteiger partial charge on any atom is -0.000706 e. The van der Waals surface area contributed by atoms with Crippen LogP contribution in [0.5, 0.6) is 0 Å². The van der Waals surface area contributed by atoms with Crippen molar-refractivity contribution in [3.63, 3.8) is 0 Å². The number of hydrogen-bond acceptors (Lipinski definition) is 0. The third-order valence-electron chi connectivity index (χ3n) is 5.89. The molecule has 0 aliphatic heterocycles. The summed E-state index contributed by atoms with van der Waals surface area (Å²) in [5, 5.41) is 5.32. The predicted molar refractivity (Wildman–Crippen MR) is 115 cm³/mol. The van der Waals surface area contributed by atoms with Crippen molar-refractivity contribution in [2.75, 3.05) is 0 Å². The number of rotatable bonds is 1. The zero-order valence-corrected chi connectivity index (χ0v) is 14.9. The highest BCUT2D eigenvalue weighted by molar-refractivity contribution is 6.05. The minimum absolute atomic E-state index is 1.02. The fraction of sp³-hybridized carbons (Fsp3) is 0.0370. The summed E-state index contributed by atoms with van der Waals surface area (Å²) in [6.45, 7) is 0. The standard InChI is InChI=1S/C27H18/c1-2-7-20-16-22(13-12-18(20)6-1)24-11-5-9-19-14-15-25-23-10-4-3-8-21(23)17-26(25)27(19)24/h1-16H,17H2. The Hall–Kier alpha value is -3.38. The fourth-order valence-electron chi connectivity index (χ4n) is 4.62. The highest BCUT2D eigenvalue weighted by Crippen LogP contribution is 2.43. The highest BCUT2D eigenvalue weighted by atomic mass is 14.2. The van der Waals surface area contributed by atoms with Crippen LogP contribution in [-0.2, 0) is 6.42 Å². The smallest absolute Gasteiger partial charge is 0.000706 e. The Morgan fingerprint density at radius 1 is 0.481 bits per heavy atom. The van der Waals surface area contributed by atoms with Crippen LogP contribution in [0.15, 0.2) is 97.1 Å². The van der Waals surface area contributed by atoms with E-state index in [1.165, 1.54) is 54.9 Å². The van der Waals surface area contributed by atoms with E-state index >= 15 is 0 Å². The van der Waals surface area contributed by atoms with Crippen molar-refractivity contribution in [3.8, 4) is 22.3 Å². The molecule has 6 rings (SSSR count). The maximum atomic E-state index is 2.32. The van der Waals surface area contributed by atoms with Gasteiger partial charge in [0, 0.05) is 0 Å². The van der Waals surface area contributed by atoms with Crippen LogP contribution in [0.25, 0.3) is 43.8 Å². The molecule has 0 aromatic heterocycles. The average molecular weight is 342 g/mol. The van der Waals surface area contributed by atoms with Gasteiger partial charge in [-0.15, -0.1) is 0 Å². The van der Waals surface area contributed by atoms with E-state index in [1.54, 1.807) is 0 Å². The molecule has 0 N–H and O–H groups in total. The fourth-order valence-corrected chi connectivity index (χ4v) is 4.62. The quantitative estimate of drug-likeness (QED) is 0.296. The van der Waals surface area contributed by atoms with Crippen LogP contribution in [0.3, 0.4) is 0 Å². The van der Waals surface area contributed by atoms with E-state index in [0.717, 1.165) is 6.42 Å². The molecule has 0 unspecified atom stereocenters. The lowest BCUT2D eigenvalue weighted by molar-refractivity contribution is 1.28. The van der Waals surface area contributed by atoms with Crippen LogP contribution in [0, 0.1) is 0 Å². The lowest BCUT2D eigenvalue weighted by atomic mass is 9.91. The Bertz CT molecular complexity index is 1340. The minimum Gasteiger partial charge on any atom is -0.0619 e. The second-order valence-electron chi connectivity index (χ2n) is 7.39. The molecule has 0 spiro atoms. The van der Waals surface area contributed by atoms with Crippen LogP contribution in [0.2, 0.25) is 0 Å². The molecule has 5 aromatic rings. The van der Waals surface area contributed by atoms with Gasteiger partial charge in [0.25, 0.3) is 0 Å². The lowest BCUT2D eigenvalue weighted by Gasteiger charge is -2.13. The van der Waals surface area contributed by atoms with E-state index in [9.17, 15) is 0 Å². The summed E-state index contributed by atoms with van der Waals surface area (Å²) in [5.74, 6) is 0. The van der Waals surface area contributed by atoms with Crippen molar-refractivity contribution >= 4 is 21.5 Å². The molecule has 0 saturated heterocycles. The largest absolute Gasteiger partial charge is 0.0619 e. The van der Waals surface area contributed by atoms with Crippen molar-refractivity contribution in [2.24, 2.45) is 0 Å². The van der Waals surface area contributed by atoms with Crippen molar-refractivity contribution < 1.29 is 0 Å². The molecule has 0 fully saturated rings. The van der Waals surface area contributed by atoms with Crippen molar-refractivity contribution in [2.45, 2.75) is 6.42 Å². The first-order chi connectivity index (χ1) is 13.4. The van der Waals surface area contributed by atoms with Crippen molar-refractivity contribution in [1.29, 1.82) is 0 Å². The van der Waals surface area contributed by atoms with Gasteiger partial charge in [0.1, 0.15) is 0 Å². The predicted octanol–water partition coefficient (Wildman–Crippen LogP) is 7.23. The van der Waals surface area contributed by atoms with Gasteiger partial charge in [-0.1, -0.05) is 91.0 Å². The highest BCUT2D eigenvalue weighted by Gasteiger charge is 2.21. The zero-order valence-electron chi connectivity index (χ0n) is 14.9. The SMILES string of the molecule is c1ccc2c(c1)Cc1c-2ccc2cccc(-c3ccc4ccccc4c3)c12. The topological polar surface area (TPSA) is 0 Å². The summed E-state index contributed by atoms with van der Waals surface area (Å²) in [7, 11) is 0. The molecular formula is C27H18. The molecule has 1 aliphatic rings. The molecule has 0 saturated carbocycles. The number of fused-ring (bicyclic) bond motifs is 6. The average Bonchev–Trinajstić information content (AvgIpc) is 3.12.